The summed E-state index contributed by atoms with van der Waals surface area (Å²) >= 11 is 1.68. The third kappa shape index (κ3) is 3.40. The van der Waals surface area contributed by atoms with Gasteiger partial charge in [-0.2, -0.15) is 0 Å². The van der Waals surface area contributed by atoms with Gasteiger partial charge in [0.15, 0.2) is 0 Å². The minimum atomic E-state index is -0.0669. The van der Waals surface area contributed by atoms with Crippen LogP contribution in [0, 0.1) is 6.92 Å². The van der Waals surface area contributed by atoms with Gasteiger partial charge in [-0.15, -0.1) is 17.9 Å². The summed E-state index contributed by atoms with van der Waals surface area (Å²) in [5.41, 5.74) is 1.24. The van der Waals surface area contributed by atoms with Crippen LogP contribution in [0.4, 0.5) is 4.79 Å². The first-order valence-electron chi connectivity index (χ1n) is 4.78. The van der Waals surface area contributed by atoms with Gasteiger partial charge >= 0.3 is 6.03 Å². The summed E-state index contributed by atoms with van der Waals surface area (Å²) in [5, 5.41) is 4.78. The molecule has 1 aromatic heterocycles. The van der Waals surface area contributed by atoms with E-state index >= 15 is 0 Å². The van der Waals surface area contributed by atoms with E-state index in [0.29, 0.717) is 13.1 Å². The smallest absolute Gasteiger partial charge is 0.317 e. The van der Waals surface area contributed by atoms with Crippen molar-refractivity contribution >= 4 is 17.4 Å². The lowest BCUT2D eigenvalue weighted by atomic mass is 10.3. The Kier molecular flexibility index (Phi) is 4.37. The van der Waals surface area contributed by atoms with Crippen molar-refractivity contribution in [3.63, 3.8) is 0 Å². The first-order valence-corrected chi connectivity index (χ1v) is 5.66. The number of hydrogen-bond donors (Lipinski definition) is 1. The number of aryl methyl sites for hydroxylation is 1. The third-order valence-electron chi connectivity index (χ3n) is 2.09. The van der Waals surface area contributed by atoms with E-state index in [1.165, 1.54) is 10.4 Å². The Morgan fingerprint density at radius 3 is 3.00 bits per heavy atom. The zero-order valence-electron chi connectivity index (χ0n) is 9.12. The number of carbonyl (C=O) groups excluding carboxylic acids is 1. The Bertz CT molecular complexity index is 346. The van der Waals surface area contributed by atoms with Crippen molar-refractivity contribution < 1.29 is 4.79 Å². The third-order valence-corrected chi connectivity index (χ3v) is 3.10. The molecule has 0 aliphatic heterocycles. The Morgan fingerprint density at radius 1 is 1.73 bits per heavy atom. The maximum Gasteiger partial charge on any atom is 0.317 e. The van der Waals surface area contributed by atoms with E-state index in [0.717, 1.165) is 0 Å². The highest BCUT2D eigenvalue weighted by molar-refractivity contribution is 7.10. The monoisotopic (exact) mass is 224 g/mol. The average molecular weight is 224 g/mol. The van der Waals surface area contributed by atoms with Crippen LogP contribution < -0.4 is 5.32 Å². The summed E-state index contributed by atoms with van der Waals surface area (Å²) in [4.78, 5) is 14.4. The van der Waals surface area contributed by atoms with Gasteiger partial charge < -0.3 is 10.2 Å². The molecule has 15 heavy (non-hydrogen) atoms. The van der Waals surface area contributed by atoms with E-state index in [9.17, 15) is 4.79 Å². The van der Waals surface area contributed by atoms with Crippen LogP contribution in [0.3, 0.4) is 0 Å². The summed E-state index contributed by atoms with van der Waals surface area (Å²) in [7, 11) is 1.79. The molecule has 0 atom stereocenters. The molecule has 0 aliphatic rings. The molecule has 0 saturated carbocycles. The van der Waals surface area contributed by atoms with Crippen LogP contribution in [0.1, 0.15) is 10.4 Å². The van der Waals surface area contributed by atoms with Crippen molar-refractivity contribution in [1.29, 1.82) is 0 Å². The Labute approximate surface area is 94.4 Å². The molecular weight excluding hydrogens is 208 g/mol. The van der Waals surface area contributed by atoms with Crippen LogP contribution in [0.25, 0.3) is 0 Å². The van der Waals surface area contributed by atoms with Crippen molar-refractivity contribution in [1.82, 2.24) is 10.2 Å². The molecule has 0 aromatic carbocycles. The molecule has 1 N–H and O–H groups in total. The Morgan fingerprint density at radius 2 is 2.47 bits per heavy atom. The predicted molar refractivity (Wildman–Crippen MR) is 64.1 cm³/mol. The van der Waals surface area contributed by atoms with Crippen LogP contribution in [-0.4, -0.2) is 24.5 Å². The lowest BCUT2D eigenvalue weighted by Crippen LogP contribution is -2.36. The molecule has 3 nitrogen and oxygen atoms in total. The van der Waals surface area contributed by atoms with Crippen molar-refractivity contribution in [2.24, 2.45) is 0 Å². The van der Waals surface area contributed by atoms with E-state index in [4.69, 9.17) is 0 Å². The molecule has 1 heterocycles. The summed E-state index contributed by atoms with van der Waals surface area (Å²) in [6.45, 7) is 6.77. The molecule has 0 bridgehead atoms. The van der Waals surface area contributed by atoms with Gasteiger partial charge in [-0.3, -0.25) is 0 Å². The molecule has 0 fully saturated rings. The fraction of sp³-hybridized carbons (Fsp3) is 0.364. The van der Waals surface area contributed by atoms with E-state index in [1.54, 1.807) is 29.4 Å². The number of amides is 2. The van der Waals surface area contributed by atoms with Crippen LogP contribution in [0.15, 0.2) is 24.1 Å². The van der Waals surface area contributed by atoms with Gasteiger partial charge in [-0.05, 0) is 23.9 Å². The minimum absolute atomic E-state index is 0.0669. The molecule has 0 radical (unpaired) electrons. The van der Waals surface area contributed by atoms with Gasteiger partial charge in [-0.1, -0.05) is 6.08 Å². The Hall–Kier alpha value is -1.29. The van der Waals surface area contributed by atoms with Gasteiger partial charge in [0, 0.05) is 18.5 Å². The molecule has 82 valence electrons. The lowest BCUT2D eigenvalue weighted by Gasteiger charge is -2.16. The molecular formula is C11H16N2OS. The topological polar surface area (TPSA) is 32.3 Å². The second-order valence-corrected chi connectivity index (χ2v) is 4.36. The lowest BCUT2D eigenvalue weighted by molar-refractivity contribution is 0.208. The number of rotatable bonds is 4. The van der Waals surface area contributed by atoms with Crippen molar-refractivity contribution in [2.75, 3.05) is 13.6 Å². The fourth-order valence-electron chi connectivity index (χ4n) is 1.15. The average Bonchev–Trinajstić information content (AvgIpc) is 2.61. The minimum Gasteiger partial charge on any atom is -0.335 e. The van der Waals surface area contributed by atoms with E-state index in [1.807, 2.05) is 5.38 Å². The quantitative estimate of drug-likeness (QED) is 0.782. The Balaban J connectivity index is 2.48. The van der Waals surface area contributed by atoms with E-state index in [2.05, 4.69) is 24.9 Å². The van der Waals surface area contributed by atoms with Crippen molar-refractivity contribution in [3.8, 4) is 0 Å². The largest absolute Gasteiger partial charge is 0.335 e. The number of carbonyl (C=O) groups is 1. The summed E-state index contributed by atoms with van der Waals surface area (Å²) < 4.78 is 0. The summed E-state index contributed by atoms with van der Waals surface area (Å²) in [6.07, 6.45) is 1.67. The standard InChI is InChI=1S/C11H16N2OS/c1-4-6-12-11(14)13(3)8-10-9(2)5-7-15-10/h4-5,7H,1,6,8H2,2-3H3,(H,12,14). The van der Waals surface area contributed by atoms with Gasteiger partial charge in [0.25, 0.3) is 0 Å². The SMILES string of the molecule is C=CCNC(=O)N(C)Cc1sccc1C. The van der Waals surface area contributed by atoms with Crippen molar-refractivity contribution in [2.45, 2.75) is 13.5 Å². The summed E-state index contributed by atoms with van der Waals surface area (Å²) in [6, 6.07) is 2.00. The highest BCUT2D eigenvalue weighted by Crippen LogP contribution is 2.16. The molecule has 1 rings (SSSR count). The molecule has 0 spiro atoms. The van der Waals surface area contributed by atoms with Crippen molar-refractivity contribution in [3.05, 3.63) is 34.5 Å². The highest BCUT2D eigenvalue weighted by Gasteiger charge is 2.09. The van der Waals surface area contributed by atoms with E-state index < -0.39 is 0 Å². The second kappa shape index (κ2) is 5.56. The second-order valence-electron chi connectivity index (χ2n) is 3.36. The number of thiophene rings is 1. The van der Waals surface area contributed by atoms with Gasteiger partial charge in [-0.25, -0.2) is 4.79 Å². The molecule has 0 unspecified atom stereocenters. The van der Waals surface area contributed by atoms with E-state index in [-0.39, 0.29) is 6.03 Å². The predicted octanol–water partition coefficient (Wildman–Crippen LogP) is 2.38. The maximum atomic E-state index is 11.5. The van der Waals surface area contributed by atoms with Crippen LogP contribution in [-0.2, 0) is 6.54 Å². The number of nitrogens with zero attached hydrogens (tertiary/aromatic N) is 1. The number of urea groups is 1. The summed E-state index contributed by atoms with van der Waals surface area (Å²) in [5.74, 6) is 0. The highest BCUT2D eigenvalue weighted by atomic mass is 32.1. The normalized spacial score (nSPS) is 9.73. The van der Waals surface area contributed by atoms with Crippen LogP contribution >= 0.6 is 11.3 Å². The van der Waals surface area contributed by atoms with Gasteiger partial charge in [0.1, 0.15) is 0 Å². The van der Waals surface area contributed by atoms with Crippen LogP contribution in [0.2, 0.25) is 0 Å². The molecule has 0 saturated heterocycles. The maximum absolute atomic E-state index is 11.5. The van der Waals surface area contributed by atoms with Gasteiger partial charge in [0.2, 0.25) is 0 Å². The molecule has 1 aromatic rings. The zero-order chi connectivity index (χ0) is 11.3. The zero-order valence-corrected chi connectivity index (χ0v) is 9.93. The molecule has 0 aliphatic carbocycles. The first-order chi connectivity index (χ1) is 7.15. The first kappa shape index (κ1) is 11.8. The van der Waals surface area contributed by atoms with Gasteiger partial charge in [0.05, 0.1) is 6.54 Å². The number of nitrogens with one attached hydrogen (secondary N) is 1. The fourth-order valence-corrected chi connectivity index (χ4v) is 2.11. The molecule has 2 amide bonds. The van der Waals surface area contributed by atoms with Crippen LogP contribution in [0.5, 0.6) is 0 Å². The number of hydrogen-bond acceptors (Lipinski definition) is 2. The molecule has 4 heteroatoms.